The second kappa shape index (κ2) is 8.51. The molecule has 1 aliphatic heterocycles. The van der Waals surface area contributed by atoms with Gasteiger partial charge in [-0.15, -0.1) is 0 Å². The van der Waals surface area contributed by atoms with E-state index in [-0.39, 0.29) is 39.6 Å². The van der Waals surface area contributed by atoms with Crippen LogP contribution in [-0.4, -0.2) is 41.7 Å². The van der Waals surface area contributed by atoms with Crippen LogP contribution in [0, 0.1) is 0 Å². The minimum atomic E-state index is -0.620. The number of hydrogen-bond acceptors (Lipinski definition) is 5. The van der Waals surface area contributed by atoms with Gasteiger partial charge in [0.2, 0.25) is 0 Å². The molecule has 1 saturated carbocycles. The minimum absolute atomic E-state index is 0.0794. The van der Waals surface area contributed by atoms with Gasteiger partial charge in [0.25, 0.3) is 17.7 Å². The standard InChI is InChI=1S/C23H21ClN2O5/c1-31-23(30)18-12-14(8-10-19(18)24)25-20(27)13-7-9-16-17(11-13)22(29)26(21(16)28)15-5-3-2-4-6-15/h7-12,15H,2-6H2,1H3,(H,25,27). The topological polar surface area (TPSA) is 92.8 Å². The van der Waals surface area contributed by atoms with Gasteiger partial charge in [-0.3, -0.25) is 19.3 Å². The summed E-state index contributed by atoms with van der Waals surface area (Å²) in [7, 11) is 1.24. The predicted molar refractivity (Wildman–Crippen MR) is 115 cm³/mol. The summed E-state index contributed by atoms with van der Waals surface area (Å²) in [4.78, 5) is 51.6. The van der Waals surface area contributed by atoms with E-state index < -0.39 is 11.9 Å². The number of carbonyl (C=O) groups excluding carboxylic acids is 4. The maximum atomic E-state index is 12.9. The van der Waals surface area contributed by atoms with Gasteiger partial charge in [0.05, 0.1) is 28.8 Å². The van der Waals surface area contributed by atoms with Crippen LogP contribution in [-0.2, 0) is 4.74 Å². The van der Waals surface area contributed by atoms with Crippen LogP contribution in [0.1, 0.15) is 73.5 Å². The monoisotopic (exact) mass is 440 g/mol. The molecule has 2 aliphatic rings. The minimum Gasteiger partial charge on any atom is -0.465 e. The molecule has 160 valence electrons. The molecule has 1 aliphatic carbocycles. The molecule has 2 aromatic rings. The van der Waals surface area contributed by atoms with E-state index in [1.807, 2.05) is 0 Å². The number of ether oxygens (including phenoxy) is 1. The van der Waals surface area contributed by atoms with Crippen LogP contribution >= 0.6 is 11.6 Å². The molecule has 1 heterocycles. The zero-order valence-electron chi connectivity index (χ0n) is 16.9. The van der Waals surface area contributed by atoms with Crippen molar-refractivity contribution >= 4 is 41.0 Å². The van der Waals surface area contributed by atoms with E-state index in [2.05, 4.69) is 10.1 Å². The lowest BCUT2D eigenvalue weighted by Gasteiger charge is -2.29. The van der Waals surface area contributed by atoms with Crippen LogP contribution < -0.4 is 5.32 Å². The Morgan fingerprint density at radius 1 is 1.00 bits per heavy atom. The summed E-state index contributed by atoms with van der Waals surface area (Å²) in [5.41, 5.74) is 1.28. The highest BCUT2D eigenvalue weighted by molar-refractivity contribution is 6.33. The Bertz CT molecular complexity index is 1090. The molecule has 31 heavy (non-hydrogen) atoms. The second-order valence-corrected chi connectivity index (χ2v) is 8.08. The van der Waals surface area contributed by atoms with Gasteiger partial charge in [-0.25, -0.2) is 4.79 Å². The summed E-state index contributed by atoms with van der Waals surface area (Å²) in [6.07, 6.45) is 4.75. The summed E-state index contributed by atoms with van der Waals surface area (Å²) in [5, 5.41) is 2.88. The highest BCUT2D eigenvalue weighted by atomic mass is 35.5. The zero-order chi connectivity index (χ0) is 22.1. The number of anilines is 1. The lowest BCUT2D eigenvalue weighted by molar-refractivity contribution is 0.0546. The second-order valence-electron chi connectivity index (χ2n) is 7.67. The molecule has 0 atom stereocenters. The van der Waals surface area contributed by atoms with Crippen molar-refractivity contribution in [2.45, 2.75) is 38.1 Å². The first-order valence-corrected chi connectivity index (χ1v) is 10.5. The molecule has 4 rings (SSSR count). The fraction of sp³-hybridized carbons (Fsp3) is 0.304. The molecule has 0 bridgehead atoms. The Morgan fingerprint density at radius 2 is 1.71 bits per heavy atom. The van der Waals surface area contributed by atoms with E-state index in [9.17, 15) is 19.2 Å². The van der Waals surface area contributed by atoms with Gasteiger partial charge < -0.3 is 10.1 Å². The number of amides is 3. The summed E-state index contributed by atoms with van der Waals surface area (Å²) in [5.74, 6) is -1.73. The third kappa shape index (κ3) is 3.93. The molecule has 0 unspecified atom stereocenters. The third-order valence-electron chi connectivity index (χ3n) is 5.75. The molecular formula is C23H21ClN2O5. The van der Waals surface area contributed by atoms with E-state index in [0.29, 0.717) is 11.3 Å². The third-order valence-corrected chi connectivity index (χ3v) is 6.08. The quantitative estimate of drug-likeness (QED) is 0.565. The van der Waals surface area contributed by atoms with Gasteiger partial charge in [-0.2, -0.15) is 0 Å². The molecule has 8 heteroatoms. The molecular weight excluding hydrogens is 420 g/mol. The van der Waals surface area contributed by atoms with Gasteiger partial charge in [-0.1, -0.05) is 30.9 Å². The van der Waals surface area contributed by atoms with Crippen LogP contribution in [0.5, 0.6) is 0 Å². The van der Waals surface area contributed by atoms with E-state index in [1.165, 1.54) is 42.3 Å². The fourth-order valence-corrected chi connectivity index (χ4v) is 4.34. The highest BCUT2D eigenvalue weighted by Gasteiger charge is 2.40. The number of nitrogens with zero attached hydrogens (tertiary/aromatic N) is 1. The number of esters is 1. The average molecular weight is 441 g/mol. The Balaban J connectivity index is 1.56. The number of fused-ring (bicyclic) bond motifs is 1. The maximum Gasteiger partial charge on any atom is 0.339 e. The average Bonchev–Trinajstić information content (AvgIpc) is 3.04. The summed E-state index contributed by atoms with van der Waals surface area (Å²) < 4.78 is 4.68. The van der Waals surface area contributed by atoms with Crippen molar-refractivity contribution in [2.75, 3.05) is 12.4 Å². The largest absolute Gasteiger partial charge is 0.465 e. The van der Waals surface area contributed by atoms with Crippen molar-refractivity contribution in [1.82, 2.24) is 4.90 Å². The molecule has 7 nitrogen and oxygen atoms in total. The van der Waals surface area contributed by atoms with Gasteiger partial charge >= 0.3 is 5.97 Å². The van der Waals surface area contributed by atoms with Crippen molar-refractivity contribution in [2.24, 2.45) is 0 Å². The first kappa shape index (κ1) is 21.1. The van der Waals surface area contributed by atoms with Crippen LogP contribution in [0.4, 0.5) is 5.69 Å². The first-order chi connectivity index (χ1) is 14.9. The van der Waals surface area contributed by atoms with Gasteiger partial charge in [0, 0.05) is 17.3 Å². The maximum absolute atomic E-state index is 12.9. The number of methoxy groups -OCH3 is 1. The zero-order valence-corrected chi connectivity index (χ0v) is 17.7. The molecule has 2 aromatic carbocycles. The smallest absolute Gasteiger partial charge is 0.339 e. The normalized spacial score (nSPS) is 16.3. The van der Waals surface area contributed by atoms with Crippen LogP contribution in [0.25, 0.3) is 0 Å². The van der Waals surface area contributed by atoms with Gasteiger partial charge in [-0.05, 0) is 49.2 Å². The number of hydrogen-bond donors (Lipinski definition) is 1. The molecule has 1 N–H and O–H groups in total. The Morgan fingerprint density at radius 3 is 2.42 bits per heavy atom. The lowest BCUT2D eigenvalue weighted by Crippen LogP contribution is -2.40. The summed E-state index contributed by atoms with van der Waals surface area (Å²) in [6, 6.07) is 8.86. The number of nitrogens with one attached hydrogen (secondary N) is 1. The van der Waals surface area contributed by atoms with Crippen LogP contribution in [0.15, 0.2) is 36.4 Å². The fourth-order valence-electron chi connectivity index (χ4n) is 4.14. The lowest BCUT2D eigenvalue weighted by atomic mass is 9.94. The molecule has 0 aromatic heterocycles. The Hall–Kier alpha value is -3.19. The van der Waals surface area contributed by atoms with Crippen molar-refractivity contribution in [1.29, 1.82) is 0 Å². The molecule has 0 spiro atoms. The summed E-state index contributed by atoms with van der Waals surface area (Å²) >= 11 is 6.01. The van der Waals surface area contributed by atoms with Gasteiger partial charge in [0.1, 0.15) is 0 Å². The predicted octanol–water partition coefficient (Wildman–Crippen LogP) is 4.31. The molecule has 3 amide bonds. The van der Waals surface area contributed by atoms with Crippen LogP contribution in [0.2, 0.25) is 5.02 Å². The van der Waals surface area contributed by atoms with E-state index in [1.54, 1.807) is 6.07 Å². The van der Waals surface area contributed by atoms with Crippen molar-refractivity contribution < 1.29 is 23.9 Å². The number of carbonyl (C=O) groups is 4. The number of halogens is 1. The molecule has 0 radical (unpaired) electrons. The van der Waals surface area contributed by atoms with E-state index >= 15 is 0 Å². The summed E-state index contributed by atoms with van der Waals surface area (Å²) in [6.45, 7) is 0. The van der Waals surface area contributed by atoms with Crippen molar-refractivity contribution in [3.63, 3.8) is 0 Å². The number of rotatable bonds is 4. The Kier molecular flexibility index (Phi) is 5.78. The van der Waals surface area contributed by atoms with Gasteiger partial charge in [0.15, 0.2) is 0 Å². The SMILES string of the molecule is COC(=O)c1cc(NC(=O)c2ccc3c(c2)C(=O)N(C2CCCCC2)C3=O)ccc1Cl. The molecule has 0 saturated heterocycles. The van der Waals surface area contributed by atoms with Crippen molar-refractivity contribution in [3.05, 3.63) is 63.7 Å². The van der Waals surface area contributed by atoms with Crippen LogP contribution in [0.3, 0.4) is 0 Å². The van der Waals surface area contributed by atoms with Crippen molar-refractivity contribution in [3.8, 4) is 0 Å². The highest BCUT2D eigenvalue weighted by Crippen LogP contribution is 2.31. The number of imide groups is 1. The Labute approximate surface area is 184 Å². The van der Waals surface area contributed by atoms with E-state index in [0.717, 1.165) is 32.1 Å². The first-order valence-electron chi connectivity index (χ1n) is 10.1. The molecule has 1 fully saturated rings. The number of benzene rings is 2. The van der Waals surface area contributed by atoms with E-state index in [4.69, 9.17) is 11.6 Å².